The van der Waals surface area contributed by atoms with Gasteiger partial charge in [-0.3, -0.25) is 0 Å². The highest BCUT2D eigenvalue weighted by molar-refractivity contribution is 5.90. The van der Waals surface area contributed by atoms with Crippen molar-refractivity contribution in [1.29, 1.82) is 0 Å². The Labute approximate surface area is 127 Å². The van der Waals surface area contributed by atoms with Gasteiger partial charge < -0.3 is 14.0 Å². The van der Waals surface area contributed by atoms with Gasteiger partial charge in [-0.2, -0.15) is 0 Å². The number of carbonyl (C=O) groups is 1. The molecule has 0 unspecified atom stereocenters. The standard InChI is InChI=1S/C17H15NO4/c1-3-21-17(19)15-10-16(22-18-15)13-5-4-12-9-14(20-2)7-6-11(12)8-13/h4-10H,3H2,1-2H3. The van der Waals surface area contributed by atoms with E-state index in [1.807, 2.05) is 36.4 Å². The van der Waals surface area contributed by atoms with Crippen LogP contribution >= 0.6 is 0 Å². The van der Waals surface area contributed by atoms with Crippen molar-refractivity contribution in [3.8, 4) is 17.1 Å². The van der Waals surface area contributed by atoms with E-state index >= 15 is 0 Å². The molecule has 0 amide bonds. The Hall–Kier alpha value is -2.82. The van der Waals surface area contributed by atoms with E-state index in [1.165, 1.54) is 0 Å². The smallest absolute Gasteiger partial charge is 0.360 e. The second-order valence-electron chi connectivity index (χ2n) is 4.72. The molecule has 0 atom stereocenters. The van der Waals surface area contributed by atoms with Crippen molar-refractivity contribution in [3.63, 3.8) is 0 Å². The summed E-state index contributed by atoms with van der Waals surface area (Å²) in [6.45, 7) is 2.05. The number of carbonyl (C=O) groups excluding carboxylic acids is 1. The number of rotatable bonds is 4. The molecule has 0 bridgehead atoms. The lowest BCUT2D eigenvalue weighted by Crippen LogP contribution is -2.04. The third-order valence-electron chi connectivity index (χ3n) is 3.33. The monoisotopic (exact) mass is 297 g/mol. The fourth-order valence-electron chi connectivity index (χ4n) is 2.22. The molecule has 0 spiro atoms. The molecule has 1 aromatic heterocycles. The molecule has 0 fully saturated rings. The van der Waals surface area contributed by atoms with Gasteiger partial charge in [-0.25, -0.2) is 4.79 Å². The van der Waals surface area contributed by atoms with Crippen molar-refractivity contribution in [1.82, 2.24) is 5.16 Å². The topological polar surface area (TPSA) is 61.6 Å². The van der Waals surface area contributed by atoms with E-state index in [2.05, 4.69) is 5.16 Å². The third-order valence-corrected chi connectivity index (χ3v) is 3.33. The first-order valence-electron chi connectivity index (χ1n) is 6.93. The number of hydrogen-bond acceptors (Lipinski definition) is 5. The van der Waals surface area contributed by atoms with Crippen molar-refractivity contribution in [2.24, 2.45) is 0 Å². The summed E-state index contributed by atoms with van der Waals surface area (Å²) in [4.78, 5) is 11.6. The minimum absolute atomic E-state index is 0.173. The number of methoxy groups -OCH3 is 1. The van der Waals surface area contributed by atoms with E-state index < -0.39 is 5.97 Å². The van der Waals surface area contributed by atoms with Gasteiger partial charge in [0.2, 0.25) is 0 Å². The summed E-state index contributed by atoms with van der Waals surface area (Å²) < 4.78 is 15.3. The van der Waals surface area contributed by atoms with Crippen LogP contribution in [0.2, 0.25) is 0 Å². The predicted molar refractivity (Wildman–Crippen MR) is 82.0 cm³/mol. The average Bonchev–Trinajstić information content (AvgIpc) is 3.04. The Morgan fingerprint density at radius 2 is 1.91 bits per heavy atom. The number of aromatic nitrogens is 1. The molecular formula is C17H15NO4. The van der Waals surface area contributed by atoms with Crippen LogP contribution in [0.1, 0.15) is 17.4 Å². The molecule has 112 valence electrons. The summed E-state index contributed by atoms with van der Waals surface area (Å²) in [6.07, 6.45) is 0. The molecule has 3 rings (SSSR count). The van der Waals surface area contributed by atoms with Crippen molar-refractivity contribution in [2.45, 2.75) is 6.92 Å². The average molecular weight is 297 g/mol. The van der Waals surface area contributed by atoms with Crippen molar-refractivity contribution in [2.75, 3.05) is 13.7 Å². The molecule has 22 heavy (non-hydrogen) atoms. The zero-order valence-corrected chi connectivity index (χ0v) is 12.3. The summed E-state index contributed by atoms with van der Waals surface area (Å²) in [5.41, 5.74) is 1.02. The van der Waals surface area contributed by atoms with E-state index in [0.29, 0.717) is 12.4 Å². The van der Waals surface area contributed by atoms with Gasteiger partial charge in [0, 0.05) is 11.6 Å². The Bertz CT molecular complexity index is 822. The number of fused-ring (bicyclic) bond motifs is 1. The van der Waals surface area contributed by atoms with Gasteiger partial charge in [0.15, 0.2) is 11.5 Å². The van der Waals surface area contributed by atoms with E-state index in [0.717, 1.165) is 22.1 Å². The number of benzene rings is 2. The maximum absolute atomic E-state index is 11.6. The van der Waals surface area contributed by atoms with Crippen LogP contribution in [-0.2, 0) is 4.74 Å². The summed E-state index contributed by atoms with van der Waals surface area (Å²) >= 11 is 0. The lowest BCUT2D eigenvalue weighted by atomic mass is 10.1. The molecule has 0 N–H and O–H groups in total. The molecule has 0 aliphatic rings. The van der Waals surface area contributed by atoms with Gasteiger partial charge in [-0.05, 0) is 35.9 Å². The largest absolute Gasteiger partial charge is 0.497 e. The normalized spacial score (nSPS) is 10.6. The van der Waals surface area contributed by atoms with Crippen molar-refractivity contribution in [3.05, 3.63) is 48.2 Å². The molecule has 5 nitrogen and oxygen atoms in total. The highest BCUT2D eigenvalue weighted by Crippen LogP contribution is 2.27. The summed E-state index contributed by atoms with van der Waals surface area (Å²) in [7, 11) is 1.64. The summed E-state index contributed by atoms with van der Waals surface area (Å²) in [5.74, 6) is 0.855. The second-order valence-corrected chi connectivity index (χ2v) is 4.72. The zero-order chi connectivity index (χ0) is 15.5. The van der Waals surface area contributed by atoms with Gasteiger partial charge >= 0.3 is 5.97 Å². The van der Waals surface area contributed by atoms with Crippen LogP contribution in [0.3, 0.4) is 0 Å². The van der Waals surface area contributed by atoms with Crippen LogP contribution < -0.4 is 4.74 Å². The lowest BCUT2D eigenvalue weighted by molar-refractivity contribution is 0.0514. The first-order valence-corrected chi connectivity index (χ1v) is 6.93. The van der Waals surface area contributed by atoms with Gasteiger partial charge in [0.1, 0.15) is 5.75 Å². The number of ether oxygens (including phenoxy) is 2. The Balaban J connectivity index is 1.95. The first-order chi connectivity index (χ1) is 10.7. The SMILES string of the molecule is CCOC(=O)c1cc(-c2ccc3cc(OC)ccc3c2)on1. The minimum atomic E-state index is -0.483. The quantitative estimate of drug-likeness (QED) is 0.687. The highest BCUT2D eigenvalue weighted by atomic mass is 16.5. The van der Waals surface area contributed by atoms with E-state index in [9.17, 15) is 4.79 Å². The molecule has 0 saturated heterocycles. The van der Waals surface area contributed by atoms with Crippen LogP contribution in [0, 0.1) is 0 Å². The fourth-order valence-corrected chi connectivity index (χ4v) is 2.22. The van der Waals surface area contributed by atoms with Crippen LogP contribution in [0.4, 0.5) is 0 Å². The van der Waals surface area contributed by atoms with Gasteiger partial charge in [0.05, 0.1) is 13.7 Å². The lowest BCUT2D eigenvalue weighted by Gasteiger charge is -2.03. The molecule has 0 aliphatic carbocycles. The fraction of sp³-hybridized carbons (Fsp3) is 0.176. The predicted octanol–water partition coefficient (Wildman–Crippen LogP) is 3.68. The zero-order valence-electron chi connectivity index (χ0n) is 12.3. The number of nitrogens with zero attached hydrogens (tertiary/aromatic N) is 1. The van der Waals surface area contributed by atoms with Crippen molar-refractivity contribution < 1.29 is 18.8 Å². The molecule has 2 aromatic carbocycles. The van der Waals surface area contributed by atoms with E-state index in [-0.39, 0.29) is 5.69 Å². The van der Waals surface area contributed by atoms with E-state index in [4.69, 9.17) is 14.0 Å². The summed E-state index contributed by atoms with van der Waals surface area (Å²) in [5, 5.41) is 5.86. The van der Waals surface area contributed by atoms with Crippen LogP contribution in [-0.4, -0.2) is 24.8 Å². The molecule has 0 aliphatic heterocycles. The van der Waals surface area contributed by atoms with Gasteiger partial charge in [-0.15, -0.1) is 0 Å². The van der Waals surface area contributed by atoms with Crippen LogP contribution in [0.25, 0.3) is 22.1 Å². The second kappa shape index (κ2) is 5.89. The van der Waals surface area contributed by atoms with Gasteiger partial charge in [-0.1, -0.05) is 23.4 Å². The number of hydrogen-bond donors (Lipinski definition) is 0. The summed E-state index contributed by atoms with van der Waals surface area (Å²) in [6, 6.07) is 13.3. The molecule has 0 saturated carbocycles. The first kappa shape index (κ1) is 14.1. The third kappa shape index (κ3) is 2.65. The highest BCUT2D eigenvalue weighted by Gasteiger charge is 2.14. The molecular weight excluding hydrogens is 282 g/mol. The Morgan fingerprint density at radius 3 is 2.68 bits per heavy atom. The maximum Gasteiger partial charge on any atom is 0.360 e. The number of esters is 1. The maximum atomic E-state index is 11.6. The minimum Gasteiger partial charge on any atom is -0.497 e. The Morgan fingerprint density at radius 1 is 1.14 bits per heavy atom. The van der Waals surface area contributed by atoms with Crippen LogP contribution in [0.15, 0.2) is 47.0 Å². The van der Waals surface area contributed by atoms with Crippen molar-refractivity contribution >= 4 is 16.7 Å². The van der Waals surface area contributed by atoms with Crippen LogP contribution in [0.5, 0.6) is 5.75 Å². The molecule has 3 aromatic rings. The van der Waals surface area contributed by atoms with E-state index in [1.54, 1.807) is 20.1 Å². The molecule has 1 heterocycles. The Kier molecular flexibility index (Phi) is 3.78. The molecule has 0 radical (unpaired) electrons. The molecule has 5 heteroatoms. The van der Waals surface area contributed by atoms with Gasteiger partial charge in [0.25, 0.3) is 0 Å².